The Morgan fingerprint density at radius 1 is 1.53 bits per heavy atom. The molecule has 82 valence electrons. The minimum absolute atomic E-state index is 0.276. The van der Waals surface area contributed by atoms with Gasteiger partial charge in [0.2, 0.25) is 0 Å². The van der Waals surface area contributed by atoms with E-state index in [1.807, 2.05) is 6.07 Å². The molecule has 0 bridgehead atoms. The lowest BCUT2D eigenvalue weighted by Crippen LogP contribution is -2.05. The fourth-order valence-electron chi connectivity index (χ4n) is 2.04. The van der Waals surface area contributed by atoms with Crippen LogP contribution in [0.3, 0.4) is 0 Å². The zero-order chi connectivity index (χ0) is 10.8. The van der Waals surface area contributed by atoms with Gasteiger partial charge in [0.1, 0.15) is 17.6 Å². The molecule has 0 saturated carbocycles. The Morgan fingerprint density at radius 2 is 2.33 bits per heavy atom. The highest BCUT2D eigenvalue weighted by molar-refractivity contribution is 5.48. The second-order valence-electron chi connectivity index (χ2n) is 3.94. The molecule has 1 aromatic carbocycles. The average molecular weight is 207 g/mol. The number of fused-ring (bicyclic) bond motifs is 1. The summed E-state index contributed by atoms with van der Waals surface area (Å²) in [5, 5.41) is 0. The molecular weight excluding hydrogens is 190 g/mol. The van der Waals surface area contributed by atoms with E-state index in [1.54, 1.807) is 7.11 Å². The summed E-state index contributed by atoms with van der Waals surface area (Å²) in [7, 11) is 1.68. The van der Waals surface area contributed by atoms with Crippen LogP contribution in [-0.2, 0) is 12.8 Å². The molecule has 15 heavy (non-hydrogen) atoms. The van der Waals surface area contributed by atoms with E-state index < -0.39 is 0 Å². The Balaban J connectivity index is 2.36. The monoisotopic (exact) mass is 207 g/mol. The first-order chi connectivity index (χ1) is 7.24. The molecule has 1 heterocycles. The van der Waals surface area contributed by atoms with Crippen molar-refractivity contribution in [1.29, 1.82) is 0 Å². The van der Waals surface area contributed by atoms with Crippen molar-refractivity contribution in [2.45, 2.75) is 25.9 Å². The summed E-state index contributed by atoms with van der Waals surface area (Å²) in [6.45, 7) is 2.72. The van der Waals surface area contributed by atoms with Crippen LogP contribution < -0.4 is 15.2 Å². The zero-order valence-electron chi connectivity index (χ0n) is 9.25. The molecule has 2 rings (SSSR count). The van der Waals surface area contributed by atoms with Crippen LogP contribution in [0.5, 0.6) is 11.5 Å². The summed E-state index contributed by atoms with van der Waals surface area (Å²) in [5.41, 5.74) is 8.02. The van der Waals surface area contributed by atoms with Crippen LogP contribution in [0.25, 0.3) is 0 Å². The first-order valence-corrected chi connectivity index (χ1v) is 5.31. The summed E-state index contributed by atoms with van der Waals surface area (Å²) in [6.07, 6.45) is 2.11. The highest BCUT2D eigenvalue weighted by Gasteiger charge is 2.21. The first kappa shape index (κ1) is 10.3. The Kier molecular flexibility index (Phi) is 2.82. The van der Waals surface area contributed by atoms with E-state index in [1.165, 1.54) is 11.1 Å². The van der Waals surface area contributed by atoms with Crippen molar-refractivity contribution in [3.63, 3.8) is 0 Å². The summed E-state index contributed by atoms with van der Waals surface area (Å²) >= 11 is 0. The second-order valence-corrected chi connectivity index (χ2v) is 3.94. The van der Waals surface area contributed by atoms with Gasteiger partial charge in [0, 0.05) is 12.5 Å². The van der Waals surface area contributed by atoms with Crippen molar-refractivity contribution in [3.05, 3.63) is 23.3 Å². The van der Waals surface area contributed by atoms with Gasteiger partial charge in [-0.25, -0.2) is 0 Å². The molecule has 0 radical (unpaired) electrons. The van der Waals surface area contributed by atoms with Crippen LogP contribution in [0.1, 0.15) is 18.1 Å². The van der Waals surface area contributed by atoms with Crippen LogP contribution in [0.2, 0.25) is 0 Å². The normalized spacial score (nSPS) is 18.5. The van der Waals surface area contributed by atoms with Gasteiger partial charge >= 0.3 is 0 Å². The van der Waals surface area contributed by atoms with E-state index in [0.29, 0.717) is 6.54 Å². The molecule has 2 N–H and O–H groups in total. The largest absolute Gasteiger partial charge is 0.496 e. The molecule has 0 spiro atoms. The fraction of sp³-hybridized carbons (Fsp3) is 0.500. The highest BCUT2D eigenvalue weighted by Crippen LogP contribution is 2.35. The van der Waals surface area contributed by atoms with Gasteiger partial charge in [0.05, 0.1) is 7.11 Å². The average Bonchev–Trinajstić information content (AvgIpc) is 2.56. The van der Waals surface area contributed by atoms with Gasteiger partial charge in [-0.1, -0.05) is 0 Å². The van der Waals surface area contributed by atoms with Gasteiger partial charge in [-0.05, 0) is 37.1 Å². The summed E-state index contributed by atoms with van der Waals surface area (Å²) in [4.78, 5) is 0. The standard InChI is InChI=1S/C12H17NO2/c1-8-5-10-6-9(3-4-13)11(14-2)7-12(10)15-8/h6-8H,3-5,13H2,1-2H3. The Bertz CT molecular complexity index is 363. The summed E-state index contributed by atoms with van der Waals surface area (Å²) in [5.74, 6) is 1.84. The maximum Gasteiger partial charge on any atom is 0.126 e. The summed E-state index contributed by atoms with van der Waals surface area (Å²) < 4.78 is 11.0. The second kappa shape index (κ2) is 4.11. The lowest BCUT2D eigenvalue weighted by molar-refractivity contribution is 0.253. The lowest BCUT2D eigenvalue weighted by Gasteiger charge is -2.10. The number of hydrogen-bond acceptors (Lipinski definition) is 3. The van der Waals surface area contributed by atoms with E-state index in [-0.39, 0.29) is 6.10 Å². The van der Waals surface area contributed by atoms with Crippen LogP contribution >= 0.6 is 0 Å². The molecule has 1 unspecified atom stereocenters. The minimum atomic E-state index is 0.276. The van der Waals surface area contributed by atoms with Crippen LogP contribution in [0.4, 0.5) is 0 Å². The van der Waals surface area contributed by atoms with Gasteiger partial charge < -0.3 is 15.2 Å². The molecule has 0 fully saturated rings. The fourth-order valence-corrected chi connectivity index (χ4v) is 2.04. The molecular formula is C12H17NO2. The number of nitrogens with two attached hydrogens (primary N) is 1. The Morgan fingerprint density at radius 3 is 3.00 bits per heavy atom. The van der Waals surface area contributed by atoms with Crippen molar-refractivity contribution in [1.82, 2.24) is 0 Å². The smallest absolute Gasteiger partial charge is 0.126 e. The van der Waals surface area contributed by atoms with Crippen molar-refractivity contribution < 1.29 is 9.47 Å². The Labute approximate surface area is 90.2 Å². The van der Waals surface area contributed by atoms with Crippen molar-refractivity contribution in [2.24, 2.45) is 5.73 Å². The third kappa shape index (κ3) is 1.92. The van der Waals surface area contributed by atoms with Gasteiger partial charge in [-0.15, -0.1) is 0 Å². The third-order valence-corrected chi connectivity index (χ3v) is 2.71. The number of methoxy groups -OCH3 is 1. The maximum atomic E-state index is 5.67. The number of ether oxygens (including phenoxy) is 2. The predicted octanol–water partition coefficient (Wildman–Crippen LogP) is 1.52. The van der Waals surface area contributed by atoms with Crippen molar-refractivity contribution in [3.8, 4) is 11.5 Å². The number of benzene rings is 1. The van der Waals surface area contributed by atoms with Crippen molar-refractivity contribution >= 4 is 0 Å². The molecule has 0 saturated heterocycles. The van der Waals surface area contributed by atoms with Gasteiger partial charge in [0.15, 0.2) is 0 Å². The zero-order valence-corrected chi connectivity index (χ0v) is 9.25. The van der Waals surface area contributed by atoms with Gasteiger partial charge in [-0.3, -0.25) is 0 Å². The minimum Gasteiger partial charge on any atom is -0.496 e. The van der Waals surface area contributed by atoms with E-state index in [4.69, 9.17) is 15.2 Å². The molecule has 1 aliphatic rings. The maximum absolute atomic E-state index is 5.67. The number of hydrogen-bond donors (Lipinski definition) is 1. The number of rotatable bonds is 3. The van der Waals surface area contributed by atoms with Crippen LogP contribution in [-0.4, -0.2) is 19.8 Å². The predicted molar refractivity (Wildman–Crippen MR) is 59.5 cm³/mol. The van der Waals surface area contributed by atoms with E-state index in [0.717, 1.165) is 24.3 Å². The molecule has 1 aromatic rings. The highest BCUT2D eigenvalue weighted by atomic mass is 16.5. The van der Waals surface area contributed by atoms with Gasteiger partial charge in [0.25, 0.3) is 0 Å². The lowest BCUT2D eigenvalue weighted by atomic mass is 10.0. The summed E-state index contributed by atoms with van der Waals surface area (Å²) in [6, 6.07) is 4.13. The van der Waals surface area contributed by atoms with Crippen LogP contribution in [0.15, 0.2) is 12.1 Å². The topological polar surface area (TPSA) is 44.5 Å². The van der Waals surface area contributed by atoms with Crippen molar-refractivity contribution in [2.75, 3.05) is 13.7 Å². The molecule has 1 atom stereocenters. The molecule has 1 aliphatic heterocycles. The van der Waals surface area contributed by atoms with E-state index in [9.17, 15) is 0 Å². The van der Waals surface area contributed by atoms with E-state index in [2.05, 4.69) is 13.0 Å². The van der Waals surface area contributed by atoms with E-state index >= 15 is 0 Å². The van der Waals surface area contributed by atoms with Crippen LogP contribution in [0, 0.1) is 0 Å². The third-order valence-electron chi connectivity index (χ3n) is 2.71. The molecule has 3 nitrogen and oxygen atoms in total. The first-order valence-electron chi connectivity index (χ1n) is 5.31. The SMILES string of the molecule is COc1cc2c(cc1CCN)CC(C)O2. The van der Waals surface area contributed by atoms with Gasteiger partial charge in [-0.2, -0.15) is 0 Å². The molecule has 0 aromatic heterocycles. The molecule has 0 aliphatic carbocycles. The molecule has 0 amide bonds. The molecule has 3 heteroatoms. The quantitative estimate of drug-likeness (QED) is 0.817. The Hall–Kier alpha value is -1.22.